The van der Waals surface area contributed by atoms with Crippen molar-refractivity contribution in [1.82, 2.24) is 10.4 Å². The fourth-order valence-corrected chi connectivity index (χ4v) is 1.68. The molecule has 0 aliphatic carbocycles. The predicted molar refractivity (Wildman–Crippen MR) is 83.0 cm³/mol. The normalized spacial score (nSPS) is 11.1. The van der Waals surface area contributed by atoms with Gasteiger partial charge in [-0.15, -0.1) is 0 Å². The van der Waals surface area contributed by atoms with Gasteiger partial charge in [-0.2, -0.15) is 0 Å². The Hall–Kier alpha value is -1.14. The van der Waals surface area contributed by atoms with Crippen molar-refractivity contribution in [2.24, 2.45) is 5.92 Å². The average molecular weight is 304 g/mol. The summed E-state index contributed by atoms with van der Waals surface area (Å²) in [5, 5.41) is 8.53. The highest BCUT2D eigenvalue weighted by Crippen LogP contribution is 2.15. The van der Waals surface area contributed by atoms with Crippen molar-refractivity contribution in [3.8, 4) is 0 Å². The minimum absolute atomic E-state index is 0.0205. The molecule has 0 aliphatic rings. The van der Waals surface area contributed by atoms with Gasteiger partial charge >= 0.3 is 0 Å². The molecule has 2 N–H and O–H groups in total. The van der Waals surface area contributed by atoms with Crippen molar-refractivity contribution in [3.05, 3.63) is 0 Å². The maximum absolute atomic E-state index is 12.1. The summed E-state index contributed by atoms with van der Waals surface area (Å²) in [5.74, 6) is -0.979. The van der Waals surface area contributed by atoms with Crippen LogP contribution in [-0.4, -0.2) is 49.2 Å². The standard InChI is InChI=1S/C12H24N2O4.C3H8/c1-4-5-6-10(9-11(15)13-17)12(16)14(2)7-8-18-3;1-3-2/h10,17H,4-9H2,1-3H3,(H,13,15);3H2,1-2H3. The third-order valence-electron chi connectivity index (χ3n) is 2.82. The lowest BCUT2D eigenvalue weighted by Gasteiger charge is -2.23. The zero-order chi connectivity index (χ0) is 16.7. The molecule has 126 valence electrons. The number of unbranched alkanes of at least 4 members (excludes halogenated alkanes) is 1. The van der Waals surface area contributed by atoms with Gasteiger partial charge in [0.25, 0.3) is 0 Å². The number of likely N-dealkylation sites (N-methyl/N-ethyl adjacent to an activating group) is 1. The smallest absolute Gasteiger partial charge is 0.244 e. The minimum atomic E-state index is -0.524. The van der Waals surface area contributed by atoms with Gasteiger partial charge in [0.15, 0.2) is 0 Å². The van der Waals surface area contributed by atoms with E-state index in [0.29, 0.717) is 19.6 Å². The molecule has 1 atom stereocenters. The Kier molecular flexibility index (Phi) is 16.1. The first-order valence-electron chi connectivity index (χ1n) is 7.65. The summed E-state index contributed by atoms with van der Waals surface area (Å²) in [4.78, 5) is 24.8. The highest BCUT2D eigenvalue weighted by molar-refractivity contribution is 5.85. The Morgan fingerprint density at radius 2 is 1.86 bits per heavy atom. The molecule has 0 aromatic carbocycles. The Bertz CT molecular complexity index is 272. The molecular weight excluding hydrogens is 272 g/mol. The highest BCUT2D eigenvalue weighted by Gasteiger charge is 2.24. The van der Waals surface area contributed by atoms with E-state index in [2.05, 4.69) is 13.8 Å². The maximum atomic E-state index is 12.1. The van der Waals surface area contributed by atoms with Crippen LogP contribution in [0.25, 0.3) is 0 Å². The van der Waals surface area contributed by atoms with Gasteiger partial charge in [0.05, 0.1) is 6.61 Å². The van der Waals surface area contributed by atoms with Crippen molar-refractivity contribution in [2.45, 2.75) is 52.9 Å². The topological polar surface area (TPSA) is 78.9 Å². The zero-order valence-electron chi connectivity index (χ0n) is 14.1. The molecule has 21 heavy (non-hydrogen) atoms. The van der Waals surface area contributed by atoms with Crippen molar-refractivity contribution >= 4 is 11.8 Å². The van der Waals surface area contributed by atoms with Gasteiger partial charge in [0.2, 0.25) is 11.8 Å². The summed E-state index contributed by atoms with van der Waals surface area (Å²) in [5.41, 5.74) is 1.57. The van der Waals surface area contributed by atoms with Gasteiger partial charge in [-0.05, 0) is 6.42 Å². The van der Waals surface area contributed by atoms with Gasteiger partial charge in [0.1, 0.15) is 0 Å². The number of hydroxylamine groups is 1. The molecule has 0 aliphatic heterocycles. The minimum Gasteiger partial charge on any atom is -0.383 e. The molecule has 0 spiro atoms. The molecule has 0 aromatic rings. The number of ether oxygens (including phenoxy) is 1. The van der Waals surface area contributed by atoms with Gasteiger partial charge in [-0.25, -0.2) is 5.48 Å². The third kappa shape index (κ3) is 12.3. The van der Waals surface area contributed by atoms with Crippen molar-refractivity contribution in [2.75, 3.05) is 27.3 Å². The largest absolute Gasteiger partial charge is 0.383 e. The van der Waals surface area contributed by atoms with E-state index in [4.69, 9.17) is 9.94 Å². The summed E-state index contributed by atoms with van der Waals surface area (Å²) in [6.45, 7) is 7.25. The van der Waals surface area contributed by atoms with Crippen LogP contribution in [0.3, 0.4) is 0 Å². The molecule has 6 nitrogen and oxygen atoms in total. The second kappa shape index (κ2) is 15.3. The van der Waals surface area contributed by atoms with E-state index in [-0.39, 0.29) is 18.2 Å². The lowest BCUT2D eigenvalue weighted by molar-refractivity contribution is -0.140. The van der Waals surface area contributed by atoms with E-state index < -0.39 is 5.91 Å². The van der Waals surface area contributed by atoms with E-state index in [1.807, 2.05) is 6.92 Å². The summed E-state index contributed by atoms with van der Waals surface area (Å²) < 4.78 is 4.91. The summed E-state index contributed by atoms with van der Waals surface area (Å²) >= 11 is 0. The Morgan fingerprint density at radius 3 is 2.29 bits per heavy atom. The van der Waals surface area contributed by atoms with Crippen molar-refractivity contribution < 1.29 is 19.5 Å². The highest BCUT2D eigenvalue weighted by atomic mass is 16.5. The van der Waals surface area contributed by atoms with Crippen LogP contribution < -0.4 is 5.48 Å². The van der Waals surface area contributed by atoms with Crippen LogP contribution in [0.1, 0.15) is 52.9 Å². The molecule has 0 saturated carbocycles. The number of amides is 2. The molecule has 0 aromatic heterocycles. The number of nitrogens with zero attached hydrogens (tertiary/aromatic N) is 1. The van der Waals surface area contributed by atoms with E-state index in [0.717, 1.165) is 12.8 Å². The fourth-order valence-electron chi connectivity index (χ4n) is 1.68. The second-order valence-corrected chi connectivity index (χ2v) is 5.04. The molecule has 0 bridgehead atoms. The third-order valence-corrected chi connectivity index (χ3v) is 2.82. The van der Waals surface area contributed by atoms with Crippen LogP contribution in [0, 0.1) is 5.92 Å². The summed E-state index contributed by atoms with van der Waals surface area (Å²) in [6.07, 6.45) is 3.77. The van der Waals surface area contributed by atoms with Crippen LogP contribution in [0.15, 0.2) is 0 Å². The summed E-state index contributed by atoms with van der Waals surface area (Å²) in [6, 6.07) is 0. The van der Waals surface area contributed by atoms with Gasteiger partial charge in [-0.1, -0.05) is 40.0 Å². The first kappa shape index (κ1) is 22.1. The fraction of sp³-hybridized carbons (Fsp3) is 0.867. The zero-order valence-corrected chi connectivity index (χ0v) is 14.1. The van der Waals surface area contributed by atoms with Crippen molar-refractivity contribution in [3.63, 3.8) is 0 Å². The van der Waals surface area contributed by atoms with E-state index >= 15 is 0 Å². The average Bonchev–Trinajstić information content (AvgIpc) is 2.48. The Morgan fingerprint density at radius 1 is 1.29 bits per heavy atom. The molecule has 6 heteroatoms. The van der Waals surface area contributed by atoms with Crippen LogP contribution >= 0.6 is 0 Å². The number of carbonyl (C=O) groups is 2. The number of carbonyl (C=O) groups excluding carboxylic acids is 2. The Labute approximate surface area is 128 Å². The first-order chi connectivity index (χ1) is 9.98. The van der Waals surface area contributed by atoms with E-state index in [1.54, 1.807) is 24.5 Å². The number of nitrogens with one attached hydrogen (secondary N) is 1. The number of hydrogen-bond donors (Lipinski definition) is 2. The molecule has 0 saturated heterocycles. The molecule has 0 rings (SSSR count). The number of hydrogen-bond acceptors (Lipinski definition) is 4. The van der Waals surface area contributed by atoms with E-state index in [1.165, 1.54) is 6.42 Å². The maximum Gasteiger partial charge on any atom is 0.244 e. The van der Waals surface area contributed by atoms with Gasteiger partial charge in [-0.3, -0.25) is 14.8 Å². The van der Waals surface area contributed by atoms with Gasteiger partial charge in [0, 0.05) is 33.0 Å². The molecule has 0 fully saturated rings. The van der Waals surface area contributed by atoms with Gasteiger partial charge < -0.3 is 9.64 Å². The monoisotopic (exact) mass is 304 g/mol. The van der Waals surface area contributed by atoms with Crippen LogP contribution in [0.2, 0.25) is 0 Å². The second-order valence-electron chi connectivity index (χ2n) is 5.04. The first-order valence-corrected chi connectivity index (χ1v) is 7.65. The van der Waals surface area contributed by atoms with E-state index in [9.17, 15) is 9.59 Å². The molecule has 2 amide bonds. The van der Waals surface area contributed by atoms with Crippen LogP contribution in [0.5, 0.6) is 0 Å². The quantitative estimate of drug-likeness (QED) is 0.505. The SMILES string of the molecule is CCC.CCCCC(CC(=O)NO)C(=O)N(C)CCOC. The molecule has 1 unspecified atom stereocenters. The van der Waals surface area contributed by atoms with Crippen molar-refractivity contribution in [1.29, 1.82) is 0 Å². The number of methoxy groups -OCH3 is 1. The van der Waals surface area contributed by atoms with Crippen LogP contribution in [0.4, 0.5) is 0 Å². The molecule has 0 heterocycles. The lowest BCUT2D eigenvalue weighted by atomic mass is 9.96. The molecule has 0 radical (unpaired) electrons. The lowest BCUT2D eigenvalue weighted by Crippen LogP contribution is -2.37. The summed E-state index contributed by atoms with van der Waals surface area (Å²) in [7, 11) is 3.27. The van der Waals surface area contributed by atoms with Crippen LogP contribution in [-0.2, 0) is 14.3 Å². The molecular formula is C15H32N2O4. The Balaban J connectivity index is 0. The number of rotatable bonds is 9. The predicted octanol–water partition coefficient (Wildman–Crippen LogP) is 2.21.